The van der Waals surface area contributed by atoms with E-state index in [1.54, 1.807) is 39.1 Å². The molecule has 1 atom stereocenters. The van der Waals surface area contributed by atoms with Crippen LogP contribution in [0.3, 0.4) is 0 Å². The Morgan fingerprint density at radius 1 is 1.02 bits per heavy atom. The molecule has 1 amide bonds. The van der Waals surface area contributed by atoms with Crippen LogP contribution in [0.5, 0.6) is 11.5 Å². The average molecular weight is 704 g/mol. The minimum atomic E-state index is -2.10. The highest BCUT2D eigenvalue weighted by Gasteiger charge is 2.37. The minimum Gasteiger partial charge on any atom is -0.467 e. The summed E-state index contributed by atoms with van der Waals surface area (Å²) in [5, 5.41) is 3.26. The number of pyridine rings is 1. The zero-order valence-corrected chi connectivity index (χ0v) is 32.7. The molecule has 0 spiro atoms. The highest BCUT2D eigenvalue weighted by molar-refractivity contribution is 6.76. The van der Waals surface area contributed by atoms with Crippen LogP contribution >= 0.6 is 0 Å². The molecule has 0 saturated carbocycles. The molecule has 266 valence electrons. The highest BCUT2D eigenvalue weighted by Crippen LogP contribution is 2.39. The van der Waals surface area contributed by atoms with Crippen LogP contribution < -0.4 is 10.1 Å². The Morgan fingerprint density at radius 2 is 1.71 bits per heavy atom. The Hall–Kier alpha value is -3.27. The largest absolute Gasteiger partial charge is 0.467 e. The zero-order valence-electron chi connectivity index (χ0n) is 30.7. The van der Waals surface area contributed by atoms with E-state index in [0.717, 1.165) is 17.0 Å². The smallest absolute Gasteiger partial charge is 0.408 e. The lowest BCUT2D eigenvalue weighted by Gasteiger charge is -2.36. The summed E-state index contributed by atoms with van der Waals surface area (Å²) < 4.78 is 46.5. The lowest BCUT2D eigenvalue weighted by molar-refractivity contribution is -0.143. The summed E-state index contributed by atoms with van der Waals surface area (Å²) >= 11 is 0. The number of fused-ring (bicyclic) bond motifs is 1. The number of carbonyl (C=O) groups is 2. The van der Waals surface area contributed by atoms with Gasteiger partial charge in [-0.1, -0.05) is 46.5 Å². The molecule has 0 unspecified atom stereocenters. The van der Waals surface area contributed by atoms with Gasteiger partial charge in [0.25, 0.3) is 0 Å². The summed E-state index contributed by atoms with van der Waals surface area (Å²) in [6.45, 7) is 24.4. The van der Waals surface area contributed by atoms with Gasteiger partial charge in [-0.2, -0.15) is 0 Å². The van der Waals surface area contributed by atoms with E-state index in [9.17, 15) is 9.59 Å². The van der Waals surface area contributed by atoms with Crippen LogP contribution in [0.15, 0.2) is 36.7 Å². The molecule has 48 heavy (non-hydrogen) atoms. The van der Waals surface area contributed by atoms with Crippen molar-refractivity contribution in [2.75, 3.05) is 13.7 Å². The van der Waals surface area contributed by atoms with Gasteiger partial charge >= 0.3 is 12.1 Å². The number of ether oxygens (including phenoxy) is 4. The molecule has 3 rings (SSSR count). The second-order valence-corrected chi connectivity index (χ2v) is 26.3. The van der Waals surface area contributed by atoms with E-state index in [0.29, 0.717) is 36.9 Å². The number of nitrogens with one attached hydrogen (secondary N) is 1. The quantitative estimate of drug-likeness (QED) is 0.101. The predicted molar refractivity (Wildman–Crippen MR) is 191 cm³/mol. The van der Waals surface area contributed by atoms with Crippen molar-refractivity contribution in [3.63, 3.8) is 0 Å². The molecule has 0 aliphatic heterocycles. The minimum absolute atomic E-state index is 0.00336. The molecule has 10 nitrogen and oxygen atoms in total. The third-order valence-electron chi connectivity index (χ3n) is 8.25. The molecule has 2 heterocycles. The van der Waals surface area contributed by atoms with Crippen LogP contribution in [-0.4, -0.2) is 63.4 Å². The standard InChI is InChI=1S/C35H54FN3O7Si2/c1-34(2,3)46-33(41)38-27(32(40)42-7)20-24-13-14-28(26(36)19-24)45-29-15-16-37-31-30(29)25(22-44-48(11,12)35(4,5)6)21-39(31)23-43-17-18-47(8,9)10/h13-16,19,21,27H,17-18,20,22-23H2,1-12H3,(H,38,41)/t27-/m0/s1. The maximum absolute atomic E-state index is 15.6. The van der Waals surface area contributed by atoms with Gasteiger partial charge in [-0.05, 0) is 68.7 Å². The number of carbonyl (C=O) groups excluding carboxylic acids is 2. The number of hydrogen-bond acceptors (Lipinski definition) is 8. The molecule has 2 aromatic heterocycles. The predicted octanol–water partition coefficient (Wildman–Crippen LogP) is 8.41. The molecule has 0 fully saturated rings. The number of amides is 1. The van der Waals surface area contributed by atoms with Gasteiger partial charge in [0.2, 0.25) is 0 Å². The summed E-state index contributed by atoms with van der Waals surface area (Å²) in [5.74, 6) is -0.884. The molecule has 0 aliphatic rings. The number of nitrogens with zero attached hydrogens (tertiary/aromatic N) is 2. The Kier molecular flexibility index (Phi) is 12.7. The second-order valence-electron chi connectivity index (χ2n) is 15.8. The van der Waals surface area contributed by atoms with Gasteiger partial charge in [-0.25, -0.2) is 19.0 Å². The fraction of sp³-hybridized carbons (Fsp3) is 0.571. The number of halogens is 1. The first-order chi connectivity index (χ1) is 22.1. The van der Waals surface area contributed by atoms with Crippen LogP contribution in [0.2, 0.25) is 43.8 Å². The Labute approximate surface area is 286 Å². The first kappa shape index (κ1) is 39.2. The number of alkyl carbamates (subject to hydrolysis) is 1. The molecular formula is C35H54FN3O7Si2. The van der Waals surface area contributed by atoms with Crippen molar-refractivity contribution >= 4 is 39.5 Å². The summed E-state index contributed by atoms with van der Waals surface area (Å²) in [6, 6.07) is 6.09. The summed E-state index contributed by atoms with van der Waals surface area (Å²) in [7, 11) is -2.13. The lowest BCUT2D eigenvalue weighted by Crippen LogP contribution is -2.45. The second kappa shape index (κ2) is 15.5. The number of rotatable bonds is 14. The van der Waals surface area contributed by atoms with E-state index in [4.69, 9.17) is 23.4 Å². The average Bonchev–Trinajstić information content (AvgIpc) is 3.31. The summed E-state index contributed by atoms with van der Waals surface area (Å²) in [6.07, 6.45) is 2.82. The fourth-order valence-corrected chi connectivity index (χ4v) is 6.18. The van der Waals surface area contributed by atoms with Crippen LogP contribution in [0.1, 0.15) is 52.7 Å². The third-order valence-corrected chi connectivity index (χ3v) is 14.4. The van der Waals surface area contributed by atoms with Gasteiger partial charge in [0, 0.05) is 39.1 Å². The van der Waals surface area contributed by atoms with Gasteiger partial charge < -0.3 is 33.3 Å². The van der Waals surface area contributed by atoms with Crippen molar-refractivity contribution in [3.8, 4) is 11.5 Å². The number of benzene rings is 1. The van der Waals surface area contributed by atoms with Gasteiger partial charge in [0.05, 0.1) is 19.1 Å². The van der Waals surface area contributed by atoms with Crippen molar-refractivity contribution in [2.24, 2.45) is 0 Å². The van der Waals surface area contributed by atoms with E-state index in [1.165, 1.54) is 19.2 Å². The first-order valence-electron chi connectivity index (χ1n) is 16.3. The van der Waals surface area contributed by atoms with Crippen LogP contribution in [0, 0.1) is 5.82 Å². The van der Waals surface area contributed by atoms with E-state index in [1.807, 2.05) is 10.8 Å². The molecule has 0 aliphatic carbocycles. The van der Waals surface area contributed by atoms with Crippen LogP contribution in [0.25, 0.3) is 11.0 Å². The normalized spacial score (nSPS) is 13.4. The number of aromatic nitrogens is 2. The third kappa shape index (κ3) is 11.1. The van der Waals surface area contributed by atoms with Crippen molar-refractivity contribution in [1.29, 1.82) is 0 Å². The van der Waals surface area contributed by atoms with Crippen molar-refractivity contribution in [1.82, 2.24) is 14.9 Å². The van der Waals surface area contributed by atoms with E-state index >= 15 is 4.39 Å². The zero-order chi connectivity index (χ0) is 36.1. The van der Waals surface area contributed by atoms with Gasteiger partial charge in [-0.15, -0.1) is 0 Å². The molecule has 0 radical (unpaired) electrons. The molecule has 13 heteroatoms. The molecule has 1 aromatic carbocycles. The fourth-order valence-electron chi connectivity index (χ4n) is 4.47. The van der Waals surface area contributed by atoms with E-state index in [-0.39, 0.29) is 17.2 Å². The summed E-state index contributed by atoms with van der Waals surface area (Å²) in [5.41, 5.74) is 1.22. The van der Waals surface area contributed by atoms with Gasteiger partial charge in [0.15, 0.2) is 19.9 Å². The van der Waals surface area contributed by atoms with Crippen molar-refractivity contribution in [3.05, 3.63) is 53.6 Å². The van der Waals surface area contributed by atoms with Gasteiger partial charge in [0.1, 0.15) is 29.8 Å². The van der Waals surface area contributed by atoms with Crippen molar-refractivity contribution < 1.29 is 37.4 Å². The molecule has 1 N–H and O–H groups in total. The topological polar surface area (TPSA) is 110 Å². The Bertz CT molecular complexity index is 1570. The van der Waals surface area contributed by atoms with E-state index in [2.05, 4.69) is 63.8 Å². The Morgan fingerprint density at radius 3 is 2.29 bits per heavy atom. The molecule has 0 saturated heterocycles. The highest BCUT2D eigenvalue weighted by atomic mass is 28.4. The van der Waals surface area contributed by atoms with E-state index < -0.39 is 45.9 Å². The van der Waals surface area contributed by atoms with Gasteiger partial charge in [-0.3, -0.25) is 0 Å². The SMILES string of the molecule is COC(=O)[C@H](Cc1ccc(Oc2ccnc3c2c(CO[Si](C)(C)C(C)(C)C)cn3COCC[Si](C)(C)C)c(F)c1)NC(=O)OC(C)(C)C. The molecule has 0 bridgehead atoms. The monoisotopic (exact) mass is 703 g/mol. The first-order valence-corrected chi connectivity index (χ1v) is 22.9. The maximum atomic E-state index is 15.6. The summed E-state index contributed by atoms with van der Waals surface area (Å²) in [4.78, 5) is 29.4. The Balaban J connectivity index is 1.91. The van der Waals surface area contributed by atoms with Crippen LogP contribution in [0.4, 0.5) is 9.18 Å². The van der Waals surface area contributed by atoms with Crippen LogP contribution in [-0.2, 0) is 43.2 Å². The maximum Gasteiger partial charge on any atom is 0.408 e. The molecule has 3 aromatic rings. The number of methoxy groups -OCH3 is 1. The lowest BCUT2D eigenvalue weighted by atomic mass is 10.1. The number of esters is 1. The number of hydrogen-bond donors (Lipinski definition) is 1. The van der Waals surface area contributed by atoms with Crippen molar-refractivity contribution in [2.45, 2.75) is 117 Å². The molecular weight excluding hydrogens is 650 g/mol.